The second-order valence-corrected chi connectivity index (χ2v) is 5.81. The molecule has 2 aliphatic rings. The molecule has 0 aromatic carbocycles. The van der Waals surface area contributed by atoms with Gasteiger partial charge in [0.05, 0.1) is 5.60 Å². The van der Waals surface area contributed by atoms with E-state index in [-0.39, 0.29) is 11.6 Å². The van der Waals surface area contributed by atoms with Crippen molar-refractivity contribution in [3.8, 4) is 0 Å². The van der Waals surface area contributed by atoms with Crippen molar-refractivity contribution in [2.24, 2.45) is 11.8 Å². The molecule has 3 nitrogen and oxygen atoms in total. The molecule has 2 rings (SSSR count). The van der Waals surface area contributed by atoms with E-state index in [9.17, 15) is 4.79 Å². The predicted octanol–water partition coefficient (Wildman–Crippen LogP) is 3.05. The van der Waals surface area contributed by atoms with E-state index >= 15 is 0 Å². The van der Waals surface area contributed by atoms with Gasteiger partial charge in [-0.2, -0.15) is 0 Å². The van der Waals surface area contributed by atoms with E-state index in [2.05, 4.69) is 20.8 Å². The van der Waals surface area contributed by atoms with Crippen LogP contribution in [0.1, 0.15) is 46.5 Å². The van der Waals surface area contributed by atoms with Gasteiger partial charge < -0.3 is 9.47 Å². The molecule has 1 heterocycles. The van der Waals surface area contributed by atoms with Crippen LogP contribution >= 0.6 is 0 Å². The fourth-order valence-corrected chi connectivity index (χ4v) is 2.73. The Balaban J connectivity index is 1.85. The van der Waals surface area contributed by atoms with E-state index in [0.29, 0.717) is 0 Å². The first-order chi connectivity index (χ1) is 7.98. The summed E-state index contributed by atoms with van der Waals surface area (Å²) in [5.41, 5.74) is -0.134. The monoisotopic (exact) mass is 238 g/mol. The molecule has 1 saturated carbocycles. The summed E-state index contributed by atoms with van der Waals surface area (Å²) in [5.74, 6) is 1.27. The molecule has 1 aliphatic carbocycles. The zero-order chi connectivity index (χ0) is 12.5. The lowest BCUT2D eigenvalue weighted by Crippen LogP contribution is -2.38. The predicted molar refractivity (Wildman–Crippen MR) is 65.3 cm³/mol. The molecule has 0 amide bonds. The summed E-state index contributed by atoms with van der Waals surface area (Å²) in [5, 5.41) is 0. The second kappa shape index (κ2) is 4.81. The number of cyclic esters (lactones) is 1. The van der Waals surface area contributed by atoms with Crippen molar-refractivity contribution in [2.75, 3.05) is 0 Å². The van der Waals surface area contributed by atoms with Crippen LogP contribution in [0.15, 0.2) is 12.2 Å². The lowest BCUT2D eigenvalue weighted by atomic mass is 9.75. The van der Waals surface area contributed by atoms with Crippen LogP contribution < -0.4 is 0 Å². The third-order valence-electron chi connectivity index (χ3n) is 4.05. The molecular weight excluding hydrogens is 216 g/mol. The lowest BCUT2D eigenvalue weighted by Gasteiger charge is -2.39. The van der Waals surface area contributed by atoms with Gasteiger partial charge in [-0.1, -0.05) is 13.8 Å². The molecule has 0 saturated heterocycles. The second-order valence-electron chi connectivity index (χ2n) is 5.81. The molecule has 3 heteroatoms. The average molecular weight is 238 g/mol. The Bertz CT molecular complexity index is 311. The standard InChI is InChI=1S/C14H22O3/c1-10(2)11-6-8-14(3,9-7-11)17-13-5-4-12(15)16-13/h4-5,10-11,13H,6-9H2,1-3H3. The third kappa shape index (κ3) is 3.09. The van der Waals surface area contributed by atoms with Crippen molar-refractivity contribution < 1.29 is 14.3 Å². The molecule has 1 unspecified atom stereocenters. The van der Waals surface area contributed by atoms with Gasteiger partial charge in [-0.25, -0.2) is 4.79 Å². The van der Waals surface area contributed by atoms with Crippen LogP contribution in [0.2, 0.25) is 0 Å². The maximum atomic E-state index is 11.0. The molecule has 0 aromatic heterocycles. The molecule has 96 valence electrons. The summed E-state index contributed by atoms with van der Waals surface area (Å²) >= 11 is 0. The quantitative estimate of drug-likeness (QED) is 0.709. The average Bonchev–Trinajstić information content (AvgIpc) is 2.63. The van der Waals surface area contributed by atoms with Gasteiger partial charge in [-0.3, -0.25) is 0 Å². The lowest BCUT2D eigenvalue weighted by molar-refractivity contribution is -0.192. The van der Waals surface area contributed by atoms with Crippen molar-refractivity contribution in [1.82, 2.24) is 0 Å². The number of hydrogen-bond acceptors (Lipinski definition) is 3. The summed E-state index contributed by atoms with van der Waals surface area (Å²) in [6.07, 6.45) is 7.19. The highest BCUT2D eigenvalue weighted by Gasteiger charge is 2.36. The maximum Gasteiger partial charge on any atom is 0.333 e. The van der Waals surface area contributed by atoms with E-state index in [1.54, 1.807) is 6.08 Å². The highest BCUT2D eigenvalue weighted by atomic mass is 16.7. The Morgan fingerprint density at radius 3 is 2.53 bits per heavy atom. The number of carbonyl (C=O) groups excluding carboxylic acids is 1. The van der Waals surface area contributed by atoms with E-state index in [0.717, 1.165) is 24.7 Å². The molecule has 0 spiro atoms. The minimum Gasteiger partial charge on any atom is -0.429 e. The summed E-state index contributed by atoms with van der Waals surface area (Å²) in [4.78, 5) is 11.0. The maximum absolute atomic E-state index is 11.0. The molecule has 1 aliphatic heterocycles. The Hall–Kier alpha value is -0.830. The van der Waals surface area contributed by atoms with E-state index in [1.807, 2.05) is 0 Å². The van der Waals surface area contributed by atoms with Gasteiger partial charge in [-0.15, -0.1) is 0 Å². The number of hydrogen-bond donors (Lipinski definition) is 0. The topological polar surface area (TPSA) is 35.5 Å². The van der Waals surface area contributed by atoms with Crippen molar-refractivity contribution in [3.63, 3.8) is 0 Å². The first-order valence-corrected chi connectivity index (χ1v) is 6.55. The van der Waals surface area contributed by atoms with E-state index in [1.165, 1.54) is 18.9 Å². The summed E-state index contributed by atoms with van der Waals surface area (Å²) in [7, 11) is 0. The van der Waals surface area contributed by atoms with Crippen LogP contribution in [-0.4, -0.2) is 17.9 Å². The molecule has 1 fully saturated rings. The van der Waals surface area contributed by atoms with Crippen LogP contribution in [0.5, 0.6) is 0 Å². The largest absolute Gasteiger partial charge is 0.429 e. The van der Waals surface area contributed by atoms with Gasteiger partial charge in [0.25, 0.3) is 0 Å². The van der Waals surface area contributed by atoms with Gasteiger partial charge in [0.2, 0.25) is 6.29 Å². The molecule has 0 N–H and O–H groups in total. The van der Waals surface area contributed by atoms with Gasteiger partial charge >= 0.3 is 5.97 Å². The van der Waals surface area contributed by atoms with Gasteiger partial charge in [-0.05, 0) is 50.5 Å². The van der Waals surface area contributed by atoms with Crippen molar-refractivity contribution in [1.29, 1.82) is 0 Å². The Kier molecular flexibility index (Phi) is 3.57. The van der Waals surface area contributed by atoms with E-state index < -0.39 is 6.29 Å². The minimum absolute atomic E-state index is 0.134. The van der Waals surface area contributed by atoms with Crippen molar-refractivity contribution in [3.05, 3.63) is 12.2 Å². The van der Waals surface area contributed by atoms with Gasteiger partial charge in [0.15, 0.2) is 0 Å². The molecular formula is C14H22O3. The Labute approximate surface area is 103 Å². The Morgan fingerprint density at radius 2 is 2.06 bits per heavy atom. The fourth-order valence-electron chi connectivity index (χ4n) is 2.73. The van der Waals surface area contributed by atoms with Crippen molar-refractivity contribution in [2.45, 2.75) is 58.3 Å². The highest BCUT2D eigenvalue weighted by molar-refractivity contribution is 5.84. The third-order valence-corrected chi connectivity index (χ3v) is 4.05. The first-order valence-electron chi connectivity index (χ1n) is 6.55. The van der Waals surface area contributed by atoms with Crippen LogP contribution in [0, 0.1) is 11.8 Å². The number of esters is 1. The Morgan fingerprint density at radius 1 is 1.41 bits per heavy atom. The highest BCUT2D eigenvalue weighted by Crippen LogP contribution is 2.38. The molecule has 17 heavy (non-hydrogen) atoms. The molecule has 0 bridgehead atoms. The van der Waals surface area contributed by atoms with Crippen LogP contribution in [0.3, 0.4) is 0 Å². The zero-order valence-electron chi connectivity index (χ0n) is 10.9. The number of ether oxygens (including phenoxy) is 2. The van der Waals surface area contributed by atoms with Gasteiger partial charge in [0, 0.05) is 6.08 Å². The normalized spacial score (nSPS) is 37.5. The summed E-state index contributed by atoms with van der Waals surface area (Å²) in [6.45, 7) is 6.70. The van der Waals surface area contributed by atoms with Crippen LogP contribution in [-0.2, 0) is 14.3 Å². The minimum atomic E-state index is -0.469. The van der Waals surface area contributed by atoms with Gasteiger partial charge in [0.1, 0.15) is 0 Å². The summed E-state index contributed by atoms with van der Waals surface area (Å²) in [6, 6.07) is 0. The van der Waals surface area contributed by atoms with Crippen LogP contribution in [0.25, 0.3) is 0 Å². The van der Waals surface area contributed by atoms with E-state index in [4.69, 9.17) is 9.47 Å². The molecule has 0 radical (unpaired) electrons. The fraction of sp³-hybridized carbons (Fsp3) is 0.786. The number of carbonyl (C=O) groups is 1. The van der Waals surface area contributed by atoms with Crippen LogP contribution in [0.4, 0.5) is 0 Å². The molecule has 1 atom stereocenters. The SMILES string of the molecule is CC(C)C1CCC(C)(OC2C=CC(=O)O2)CC1. The first kappa shape index (κ1) is 12.6. The summed E-state index contributed by atoms with van der Waals surface area (Å²) < 4.78 is 10.9. The number of rotatable bonds is 3. The zero-order valence-corrected chi connectivity index (χ0v) is 10.9. The van der Waals surface area contributed by atoms with Crippen molar-refractivity contribution >= 4 is 5.97 Å². The molecule has 0 aromatic rings. The smallest absolute Gasteiger partial charge is 0.333 e.